The van der Waals surface area contributed by atoms with Gasteiger partial charge >= 0.3 is 0 Å². The molecule has 19 heavy (non-hydrogen) atoms. The Kier molecular flexibility index (Phi) is 4.62. The molecule has 0 saturated heterocycles. The third kappa shape index (κ3) is 3.00. The van der Waals surface area contributed by atoms with Crippen molar-refractivity contribution in [3.05, 3.63) is 32.1 Å². The van der Waals surface area contributed by atoms with E-state index in [9.17, 15) is 0 Å². The van der Waals surface area contributed by atoms with Crippen molar-refractivity contribution >= 4 is 38.5 Å². The van der Waals surface area contributed by atoms with Crippen molar-refractivity contribution in [3.63, 3.8) is 0 Å². The van der Waals surface area contributed by atoms with E-state index in [0.717, 1.165) is 26.4 Å². The highest BCUT2D eigenvalue weighted by Crippen LogP contribution is 2.30. The van der Waals surface area contributed by atoms with Gasteiger partial charge in [-0.15, -0.1) is 0 Å². The van der Waals surface area contributed by atoms with E-state index < -0.39 is 5.54 Å². The monoisotopic (exact) mass is 435 g/mol. The van der Waals surface area contributed by atoms with Crippen molar-refractivity contribution in [1.82, 2.24) is 10.1 Å². The Morgan fingerprint density at radius 3 is 2.68 bits per heavy atom. The summed E-state index contributed by atoms with van der Waals surface area (Å²) < 4.78 is 7.41. The minimum absolute atomic E-state index is 0.512. The maximum absolute atomic E-state index is 6.28. The van der Waals surface area contributed by atoms with Gasteiger partial charge in [-0.05, 0) is 53.6 Å². The molecule has 2 N–H and O–H groups in total. The Morgan fingerprint density at radius 2 is 2.05 bits per heavy atom. The molecule has 1 aromatic carbocycles. The second-order valence-electron chi connectivity index (χ2n) is 4.41. The fourth-order valence-corrected chi connectivity index (χ4v) is 2.69. The molecule has 0 aliphatic rings. The molecule has 2 aromatic rings. The summed E-state index contributed by atoms with van der Waals surface area (Å²) in [7, 11) is 0. The predicted octanol–water partition coefficient (Wildman–Crippen LogP) is 4.08. The topological polar surface area (TPSA) is 64.9 Å². The van der Waals surface area contributed by atoms with Crippen LogP contribution in [-0.2, 0) is 5.54 Å². The number of halogens is 2. The molecular formula is C13H15BrIN3O. The lowest BCUT2D eigenvalue weighted by atomic mass is 9.93. The predicted molar refractivity (Wildman–Crippen MR) is 86.6 cm³/mol. The Hall–Kier alpha value is -0.470. The zero-order valence-electron chi connectivity index (χ0n) is 10.8. The van der Waals surface area contributed by atoms with Gasteiger partial charge < -0.3 is 10.3 Å². The average molecular weight is 436 g/mol. The van der Waals surface area contributed by atoms with Crippen LogP contribution in [0.4, 0.5) is 0 Å². The first-order chi connectivity index (χ1) is 9.00. The molecule has 102 valence electrons. The molecule has 1 heterocycles. The van der Waals surface area contributed by atoms with Crippen LogP contribution in [0.2, 0.25) is 0 Å². The third-order valence-corrected chi connectivity index (χ3v) is 4.73. The van der Waals surface area contributed by atoms with Crippen molar-refractivity contribution in [2.24, 2.45) is 5.73 Å². The number of rotatable bonds is 4. The molecule has 0 fully saturated rings. The maximum atomic E-state index is 6.28. The zero-order chi connectivity index (χ0) is 14.0. The van der Waals surface area contributed by atoms with Crippen LogP contribution in [0.3, 0.4) is 0 Å². The van der Waals surface area contributed by atoms with Gasteiger partial charge in [0.05, 0.1) is 11.1 Å². The van der Waals surface area contributed by atoms with E-state index in [0.29, 0.717) is 11.7 Å². The molecule has 6 heteroatoms. The summed E-state index contributed by atoms with van der Waals surface area (Å²) in [5.74, 6) is 1.08. The lowest BCUT2D eigenvalue weighted by Gasteiger charge is -2.21. The first-order valence-electron chi connectivity index (χ1n) is 6.08. The molecule has 0 atom stereocenters. The van der Waals surface area contributed by atoms with E-state index in [4.69, 9.17) is 10.3 Å². The molecule has 0 spiro atoms. The van der Waals surface area contributed by atoms with E-state index >= 15 is 0 Å². The van der Waals surface area contributed by atoms with Gasteiger partial charge in [0.15, 0.2) is 5.82 Å². The number of hydrogen-bond acceptors (Lipinski definition) is 4. The number of nitrogens with zero attached hydrogens (tertiary/aromatic N) is 2. The third-order valence-electron chi connectivity index (χ3n) is 3.29. The average Bonchev–Trinajstić information content (AvgIpc) is 2.90. The van der Waals surface area contributed by atoms with E-state index in [-0.39, 0.29) is 0 Å². The molecule has 0 aliphatic heterocycles. The molecule has 0 aliphatic carbocycles. The van der Waals surface area contributed by atoms with Gasteiger partial charge in [-0.2, -0.15) is 4.98 Å². The van der Waals surface area contributed by atoms with Crippen LogP contribution in [-0.4, -0.2) is 10.1 Å². The van der Waals surface area contributed by atoms with E-state index in [2.05, 4.69) is 48.7 Å². The van der Waals surface area contributed by atoms with Crippen LogP contribution in [0, 0.1) is 3.57 Å². The van der Waals surface area contributed by atoms with Crippen LogP contribution >= 0.6 is 38.5 Å². The first-order valence-corrected chi connectivity index (χ1v) is 7.96. The first kappa shape index (κ1) is 14.9. The highest BCUT2D eigenvalue weighted by Gasteiger charge is 2.29. The molecule has 0 bridgehead atoms. The maximum Gasteiger partial charge on any atom is 0.259 e. The second kappa shape index (κ2) is 5.88. The van der Waals surface area contributed by atoms with E-state index in [1.807, 2.05) is 32.0 Å². The van der Waals surface area contributed by atoms with E-state index in [1.165, 1.54) is 0 Å². The summed E-state index contributed by atoms with van der Waals surface area (Å²) in [6.07, 6.45) is 1.55. The fourth-order valence-electron chi connectivity index (χ4n) is 1.76. The minimum atomic E-state index is -0.515. The Labute approximate surface area is 134 Å². The molecule has 4 nitrogen and oxygen atoms in total. The summed E-state index contributed by atoms with van der Waals surface area (Å²) >= 11 is 5.70. The Bertz CT molecular complexity index is 581. The van der Waals surface area contributed by atoms with Gasteiger partial charge in [0, 0.05) is 8.04 Å². The van der Waals surface area contributed by atoms with Crippen LogP contribution in [0.25, 0.3) is 11.5 Å². The van der Waals surface area contributed by atoms with Gasteiger partial charge in [0.1, 0.15) is 0 Å². The van der Waals surface area contributed by atoms with Gasteiger partial charge in [0.2, 0.25) is 0 Å². The number of benzene rings is 1. The second-order valence-corrected chi connectivity index (χ2v) is 6.49. The van der Waals surface area contributed by atoms with Crippen molar-refractivity contribution in [2.75, 3.05) is 0 Å². The standard InChI is InChI=1S/C13H15BrIN3O/c1-3-13(16,4-2)12-17-11(19-18-12)9-7-8(14)5-6-10(9)15/h5-7H,3-4,16H2,1-2H3. The van der Waals surface area contributed by atoms with Crippen molar-refractivity contribution in [1.29, 1.82) is 0 Å². The normalized spacial score (nSPS) is 11.8. The SMILES string of the molecule is CCC(N)(CC)c1noc(-c2cc(Br)ccc2I)n1. The molecule has 2 rings (SSSR count). The van der Waals surface area contributed by atoms with Crippen molar-refractivity contribution in [2.45, 2.75) is 32.2 Å². The van der Waals surface area contributed by atoms with Gasteiger partial charge in [-0.25, -0.2) is 0 Å². The lowest BCUT2D eigenvalue weighted by Crippen LogP contribution is -2.36. The highest BCUT2D eigenvalue weighted by atomic mass is 127. The molecule has 0 unspecified atom stereocenters. The molecule has 0 amide bonds. The Balaban J connectivity index is 2.44. The molecule has 1 aromatic heterocycles. The van der Waals surface area contributed by atoms with Gasteiger partial charge in [-0.1, -0.05) is 34.9 Å². The van der Waals surface area contributed by atoms with Crippen molar-refractivity contribution < 1.29 is 4.52 Å². The van der Waals surface area contributed by atoms with Crippen LogP contribution in [0.5, 0.6) is 0 Å². The number of hydrogen-bond donors (Lipinski definition) is 1. The van der Waals surface area contributed by atoms with Gasteiger partial charge in [0.25, 0.3) is 5.89 Å². The highest BCUT2D eigenvalue weighted by molar-refractivity contribution is 14.1. The molecule has 0 saturated carbocycles. The van der Waals surface area contributed by atoms with Crippen LogP contribution in [0.1, 0.15) is 32.5 Å². The minimum Gasteiger partial charge on any atom is -0.334 e. The summed E-state index contributed by atoms with van der Waals surface area (Å²) in [5, 5.41) is 4.05. The summed E-state index contributed by atoms with van der Waals surface area (Å²) in [4.78, 5) is 4.47. The quantitative estimate of drug-likeness (QED) is 0.735. The molecular weight excluding hydrogens is 421 g/mol. The van der Waals surface area contributed by atoms with Crippen LogP contribution < -0.4 is 5.73 Å². The Morgan fingerprint density at radius 1 is 1.37 bits per heavy atom. The number of aromatic nitrogens is 2. The number of nitrogens with two attached hydrogens (primary N) is 1. The largest absolute Gasteiger partial charge is 0.334 e. The van der Waals surface area contributed by atoms with Crippen molar-refractivity contribution in [3.8, 4) is 11.5 Å². The summed E-state index contributed by atoms with van der Waals surface area (Å²) in [6, 6.07) is 5.95. The summed E-state index contributed by atoms with van der Waals surface area (Å²) in [6.45, 7) is 4.06. The lowest BCUT2D eigenvalue weighted by molar-refractivity contribution is 0.350. The summed E-state index contributed by atoms with van der Waals surface area (Å²) in [5.41, 5.74) is 6.69. The van der Waals surface area contributed by atoms with E-state index in [1.54, 1.807) is 0 Å². The fraction of sp³-hybridized carbons (Fsp3) is 0.385. The zero-order valence-corrected chi connectivity index (χ0v) is 14.5. The smallest absolute Gasteiger partial charge is 0.259 e. The van der Waals surface area contributed by atoms with Gasteiger partial charge in [-0.3, -0.25) is 0 Å². The van der Waals surface area contributed by atoms with Crippen LogP contribution in [0.15, 0.2) is 27.2 Å². The molecule has 0 radical (unpaired) electrons.